The molecule has 0 amide bonds. The number of ether oxygens (including phenoxy) is 1. The van der Waals surface area contributed by atoms with Crippen LogP contribution in [0.3, 0.4) is 0 Å². The molecule has 1 unspecified atom stereocenters. The van der Waals surface area contributed by atoms with Gasteiger partial charge in [-0.3, -0.25) is 4.79 Å². The van der Waals surface area contributed by atoms with E-state index in [-0.39, 0.29) is 17.8 Å². The third-order valence-electron chi connectivity index (χ3n) is 3.82. The Balaban J connectivity index is 2.45. The SMILES string of the molecule is COC(=O)C(CCC=O)C(c1ccccc1)c1ccccc1. The molecule has 0 aliphatic carbocycles. The van der Waals surface area contributed by atoms with Crippen molar-refractivity contribution in [2.24, 2.45) is 5.92 Å². The Morgan fingerprint density at radius 3 is 1.91 bits per heavy atom. The van der Waals surface area contributed by atoms with Gasteiger partial charge in [0.05, 0.1) is 13.0 Å². The molecule has 0 aromatic heterocycles. The summed E-state index contributed by atoms with van der Waals surface area (Å²) in [5.41, 5.74) is 2.10. The normalized spacial score (nSPS) is 11.9. The van der Waals surface area contributed by atoms with Gasteiger partial charge in [0.2, 0.25) is 0 Å². The standard InChI is InChI=1S/C19H20O3/c1-22-19(21)17(13-8-14-20)18(15-9-4-2-5-10-15)16-11-6-3-7-12-16/h2-7,9-12,14,17-18H,8,13H2,1H3. The Labute approximate surface area is 130 Å². The molecule has 0 heterocycles. The van der Waals surface area contributed by atoms with E-state index in [0.29, 0.717) is 12.8 Å². The van der Waals surface area contributed by atoms with Crippen LogP contribution in [0.4, 0.5) is 0 Å². The quantitative estimate of drug-likeness (QED) is 0.579. The van der Waals surface area contributed by atoms with Crippen LogP contribution in [0.1, 0.15) is 29.9 Å². The van der Waals surface area contributed by atoms with Crippen molar-refractivity contribution < 1.29 is 14.3 Å². The predicted molar refractivity (Wildman–Crippen MR) is 85.5 cm³/mol. The maximum atomic E-state index is 12.3. The first-order chi connectivity index (χ1) is 10.8. The van der Waals surface area contributed by atoms with Gasteiger partial charge in [0.1, 0.15) is 6.29 Å². The molecule has 0 N–H and O–H groups in total. The lowest BCUT2D eigenvalue weighted by molar-refractivity contribution is -0.146. The fraction of sp³-hybridized carbons (Fsp3) is 0.263. The molecule has 0 spiro atoms. The van der Waals surface area contributed by atoms with Crippen LogP contribution in [0.5, 0.6) is 0 Å². The third kappa shape index (κ3) is 3.82. The van der Waals surface area contributed by atoms with Crippen LogP contribution in [0.25, 0.3) is 0 Å². The van der Waals surface area contributed by atoms with E-state index in [4.69, 9.17) is 4.74 Å². The van der Waals surface area contributed by atoms with Crippen LogP contribution in [-0.2, 0) is 14.3 Å². The molecular formula is C19H20O3. The Morgan fingerprint density at radius 2 is 1.50 bits per heavy atom. The van der Waals surface area contributed by atoms with Gasteiger partial charge in [0.25, 0.3) is 0 Å². The number of rotatable bonds is 7. The highest BCUT2D eigenvalue weighted by atomic mass is 16.5. The Hall–Kier alpha value is -2.42. The van der Waals surface area contributed by atoms with Crippen molar-refractivity contribution in [2.75, 3.05) is 7.11 Å². The van der Waals surface area contributed by atoms with E-state index < -0.39 is 0 Å². The molecule has 0 aliphatic rings. The van der Waals surface area contributed by atoms with Crippen LogP contribution >= 0.6 is 0 Å². The highest BCUT2D eigenvalue weighted by Gasteiger charge is 2.31. The highest BCUT2D eigenvalue weighted by Crippen LogP contribution is 2.35. The summed E-state index contributed by atoms with van der Waals surface area (Å²) in [5.74, 6) is -0.769. The number of aldehydes is 1. The molecule has 22 heavy (non-hydrogen) atoms. The van der Waals surface area contributed by atoms with Crippen LogP contribution in [0.2, 0.25) is 0 Å². The zero-order chi connectivity index (χ0) is 15.8. The van der Waals surface area contributed by atoms with Crippen molar-refractivity contribution in [3.8, 4) is 0 Å². The molecule has 3 heteroatoms. The molecule has 0 radical (unpaired) electrons. The Morgan fingerprint density at radius 1 is 1.00 bits per heavy atom. The fourth-order valence-electron chi connectivity index (χ4n) is 2.80. The van der Waals surface area contributed by atoms with E-state index in [1.54, 1.807) is 0 Å². The second-order valence-corrected chi connectivity index (χ2v) is 5.17. The van der Waals surface area contributed by atoms with E-state index in [9.17, 15) is 9.59 Å². The minimum atomic E-state index is -0.375. The molecule has 2 aromatic rings. The van der Waals surface area contributed by atoms with Crippen molar-refractivity contribution in [1.29, 1.82) is 0 Å². The van der Waals surface area contributed by atoms with Gasteiger partial charge in [0, 0.05) is 12.3 Å². The van der Waals surface area contributed by atoms with Gasteiger partial charge in [-0.1, -0.05) is 60.7 Å². The van der Waals surface area contributed by atoms with Crippen molar-refractivity contribution in [3.63, 3.8) is 0 Å². The predicted octanol–water partition coefficient (Wildman–Crippen LogP) is 3.59. The lowest BCUT2D eigenvalue weighted by Crippen LogP contribution is -2.25. The number of hydrogen-bond acceptors (Lipinski definition) is 3. The van der Waals surface area contributed by atoms with Gasteiger partial charge in [0.15, 0.2) is 0 Å². The van der Waals surface area contributed by atoms with Crippen LogP contribution in [0, 0.1) is 5.92 Å². The molecule has 1 atom stereocenters. The van der Waals surface area contributed by atoms with Crippen LogP contribution < -0.4 is 0 Å². The summed E-state index contributed by atoms with van der Waals surface area (Å²) in [6.45, 7) is 0. The Bertz CT molecular complexity index is 553. The molecule has 0 bridgehead atoms. The average Bonchev–Trinajstić information content (AvgIpc) is 2.59. The van der Waals surface area contributed by atoms with Gasteiger partial charge in [-0.25, -0.2) is 0 Å². The number of hydrogen-bond donors (Lipinski definition) is 0. The molecule has 114 valence electrons. The van der Waals surface area contributed by atoms with E-state index in [1.165, 1.54) is 7.11 Å². The fourth-order valence-corrected chi connectivity index (χ4v) is 2.80. The third-order valence-corrected chi connectivity index (χ3v) is 3.82. The molecular weight excluding hydrogens is 276 g/mol. The topological polar surface area (TPSA) is 43.4 Å². The lowest BCUT2D eigenvalue weighted by Gasteiger charge is -2.26. The molecule has 0 saturated carbocycles. The second kappa shape index (κ2) is 8.13. The number of carbonyl (C=O) groups is 2. The zero-order valence-corrected chi connectivity index (χ0v) is 12.6. The zero-order valence-electron chi connectivity index (χ0n) is 12.6. The number of methoxy groups -OCH3 is 1. The summed E-state index contributed by atoms with van der Waals surface area (Å²) in [7, 11) is 1.39. The smallest absolute Gasteiger partial charge is 0.309 e. The lowest BCUT2D eigenvalue weighted by atomic mass is 9.78. The average molecular weight is 296 g/mol. The molecule has 0 fully saturated rings. The summed E-state index contributed by atoms with van der Waals surface area (Å²) in [6.07, 6.45) is 1.67. The molecule has 0 saturated heterocycles. The molecule has 2 rings (SSSR count). The summed E-state index contributed by atoms with van der Waals surface area (Å²) in [4.78, 5) is 23.0. The van der Waals surface area contributed by atoms with Gasteiger partial charge in [-0.2, -0.15) is 0 Å². The monoisotopic (exact) mass is 296 g/mol. The van der Waals surface area contributed by atoms with Crippen molar-refractivity contribution in [2.45, 2.75) is 18.8 Å². The summed E-state index contributed by atoms with van der Waals surface area (Å²) >= 11 is 0. The second-order valence-electron chi connectivity index (χ2n) is 5.17. The first-order valence-corrected chi connectivity index (χ1v) is 7.39. The number of benzene rings is 2. The van der Waals surface area contributed by atoms with Crippen LogP contribution in [0.15, 0.2) is 60.7 Å². The largest absolute Gasteiger partial charge is 0.469 e. The minimum absolute atomic E-state index is 0.116. The summed E-state index contributed by atoms with van der Waals surface area (Å²) in [6, 6.07) is 19.8. The van der Waals surface area contributed by atoms with Crippen molar-refractivity contribution in [1.82, 2.24) is 0 Å². The Kier molecular flexibility index (Phi) is 5.90. The van der Waals surface area contributed by atoms with Gasteiger partial charge in [-0.05, 0) is 17.5 Å². The van der Waals surface area contributed by atoms with E-state index in [2.05, 4.69) is 0 Å². The molecule has 2 aromatic carbocycles. The van der Waals surface area contributed by atoms with Crippen molar-refractivity contribution in [3.05, 3.63) is 71.8 Å². The van der Waals surface area contributed by atoms with Gasteiger partial charge in [-0.15, -0.1) is 0 Å². The molecule has 3 nitrogen and oxygen atoms in total. The first-order valence-electron chi connectivity index (χ1n) is 7.39. The van der Waals surface area contributed by atoms with Crippen molar-refractivity contribution >= 4 is 12.3 Å². The maximum absolute atomic E-state index is 12.3. The van der Waals surface area contributed by atoms with Gasteiger partial charge >= 0.3 is 5.97 Å². The first kappa shape index (κ1) is 16.0. The van der Waals surface area contributed by atoms with E-state index in [0.717, 1.165) is 17.4 Å². The van der Waals surface area contributed by atoms with Crippen LogP contribution in [-0.4, -0.2) is 19.4 Å². The maximum Gasteiger partial charge on any atom is 0.309 e. The number of esters is 1. The summed E-state index contributed by atoms with van der Waals surface area (Å²) in [5, 5.41) is 0. The van der Waals surface area contributed by atoms with E-state index >= 15 is 0 Å². The summed E-state index contributed by atoms with van der Waals surface area (Å²) < 4.78 is 4.98. The number of carbonyl (C=O) groups excluding carboxylic acids is 2. The van der Waals surface area contributed by atoms with Gasteiger partial charge < -0.3 is 9.53 Å². The minimum Gasteiger partial charge on any atom is -0.469 e. The highest BCUT2D eigenvalue weighted by molar-refractivity contribution is 5.75. The van der Waals surface area contributed by atoms with E-state index in [1.807, 2.05) is 60.7 Å². The molecule has 0 aliphatic heterocycles.